The largest absolute Gasteiger partial charge is 0.360 e. The number of aromatic amines is 1. The monoisotopic (exact) mass is 249 g/mol. The molecule has 0 amide bonds. The molecule has 0 aliphatic heterocycles. The van der Waals surface area contributed by atoms with E-state index >= 15 is 0 Å². The number of H-pyrrole nitrogens is 1. The minimum absolute atomic E-state index is 0.0862. The highest BCUT2D eigenvalue weighted by atomic mass is 16.1. The third-order valence-electron chi connectivity index (χ3n) is 3.58. The maximum atomic E-state index is 12.6. The van der Waals surface area contributed by atoms with Crippen LogP contribution >= 0.6 is 0 Å². The molecule has 3 aromatic rings. The average Bonchev–Trinajstić information content (AvgIpc) is 2.42. The molecule has 0 aliphatic carbocycles. The number of hydrogen-bond donors (Lipinski definition) is 1. The predicted octanol–water partition coefficient (Wildman–Crippen LogP) is 3.81. The van der Waals surface area contributed by atoms with Crippen LogP contribution in [0.2, 0.25) is 0 Å². The minimum atomic E-state index is 0.0862. The normalized spacial score (nSPS) is 10.8. The van der Waals surface area contributed by atoms with Crippen molar-refractivity contribution < 1.29 is 0 Å². The fourth-order valence-electron chi connectivity index (χ4n) is 2.32. The summed E-state index contributed by atoms with van der Waals surface area (Å²) in [4.78, 5) is 15.8. The van der Waals surface area contributed by atoms with Crippen molar-refractivity contribution >= 4 is 10.9 Å². The first-order chi connectivity index (χ1) is 9.16. The van der Waals surface area contributed by atoms with E-state index in [-0.39, 0.29) is 5.43 Å². The molecule has 0 radical (unpaired) electrons. The summed E-state index contributed by atoms with van der Waals surface area (Å²) in [5.41, 5.74) is 4.98. The first-order valence-electron chi connectivity index (χ1n) is 6.35. The molecule has 0 saturated heterocycles. The van der Waals surface area contributed by atoms with Crippen LogP contribution in [0.25, 0.3) is 22.0 Å². The zero-order valence-corrected chi connectivity index (χ0v) is 11.0. The first kappa shape index (κ1) is 11.7. The van der Waals surface area contributed by atoms with Crippen molar-refractivity contribution in [3.63, 3.8) is 0 Å². The van der Waals surface area contributed by atoms with Gasteiger partial charge in [-0.25, -0.2) is 0 Å². The number of hydrogen-bond acceptors (Lipinski definition) is 1. The summed E-state index contributed by atoms with van der Waals surface area (Å²) in [7, 11) is 0. The second-order valence-corrected chi connectivity index (χ2v) is 4.88. The third-order valence-corrected chi connectivity index (χ3v) is 3.58. The molecule has 1 heterocycles. The molecule has 94 valence electrons. The van der Waals surface area contributed by atoms with Gasteiger partial charge >= 0.3 is 0 Å². The van der Waals surface area contributed by atoms with Crippen molar-refractivity contribution in [2.75, 3.05) is 0 Å². The Bertz CT molecular complexity index is 801. The summed E-state index contributed by atoms with van der Waals surface area (Å²) in [6.45, 7) is 4.08. The van der Waals surface area contributed by atoms with Gasteiger partial charge < -0.3 is 4.98 Å². The maximum Gasteiger partial charge on any atom is 0.197 e. The molecule has 2 nitrogen and oxygen atoms in total. The number of benzene rings is 2. The molecule has 0 atom stereocenters. The molecule has 0 spiro atoms. The van der Waals surface area contributed by atoms with Crippen LogP contribution in [0.5, 0.6) is 0 Å². The summed E-state index contributed by atoms with van der Waals surface area (Å²) in [6, 6.07) is 13.7. The molecule has 19 heavy (non-hydrogen) atoms. The number of fused-ring (bicyclic) bond motifs is 1. The Hall–Kier alpha value is -2.35. The molecule has 0 fully saturated rings. The van der Waals surface area contributed by atoms with Crippen LogP contribution < -0.4 is 5.43 Å². The predicted molar refractivity (Wildman–Crippen MR) is 79.5 cm³/mol. The highest BCUT2D eigenvalue weighted by Gasteiger charge is 2.08. The van der Waals surface area contributed by atoms with Crippen molar-refractivity contribution in [1.29, 1.82) is 0 Å². The van der Waals surface area contributed by atoms with E-state index in [1.807, 2.05) is 49.4 Å². The fourth-order valence-corrected chi connectivity index (χ4v) is 2.32. The van der Waals surface area contributed by atoms with Crippen molar-refractivity contribution in [2.45, 2.75) is 13.8 Å². The molecule has 3 rings (SSSR count). The van der Waals surface area contributed by atoms with Gasteiger partial charge in [0.05, 0.1) is 0 Å². The van der Waals surface area contributed by atoms with Crippen LogP contribution in [-0.4, -0.2) is 4.98 Å². The number of aryl methyl sites for hydroxylation is 2. The van der Waals surface area contributed by atoms with Crippen LogP contribution in [0.3, 0.4) is 0 Å². The van der Waals surface area contributed by atoms with Gasteiger partial charge in [-0.05, 0) is 42.7 Å². The second-order valence-electron chi connectivity index (χ2n) is 4.88. The van der Waals surface area contributed by atoms with Gasteiger partial charge in [0.15, 0.2) is 5.43 Å². The highest BCUT2D eigenvalue weighted by molar-refractivity contribution is 5.84. The summed E-state index contributed by atoms with van der Waals surface area (Å²) in [6.07, 6.45) is 1.80. The second kappa shape index (κ2) is 4.39. The summed E-state index contributed by atoms with van der Waals surface area (Å²) < 4.78 is 0. The minimum Gasteiger partial charge on any atom is -0.360 e. The topological polar surface area (TPSA) is 32.9 Å². The number of aromatic nitrogens is 1. The van der Waals surface area contributed by atoms with Gasteiger partial charge in [-0.3, -0.25) is 4.79 Å². The Morgan fingerprint density at radius 1 is 0.947 bits per heavy atom. The maximum absolute atomic E-state index is 12.6. The Kier molecular flexibility index (Phi) is 2.71. The van der Waals surface area contributed by atoms with Crippen molar-refractivity contribution in [1.82, 2.24) is 4.98 Å². The van der Waals surface area contributed by atoms with Crippen LogP contribution in [0.4, 0.5) is 0 Å². The lowest BCUT2D eigenvalue weighted by Gasteiger charge is -2.06. The van der Waals surface area contributed by atoms with Crippen LogP contribution in [0.15, 0.2) is 53.5 Å². The standard InChI is InChI=1S/C17H15NO/c1-11-8-14-16(9-12(11)2)18-10-15(17(14)19)13-6-4-3-5-7-13/h3-10H,1-2H3,(H,18,19). The summed E-state index contributed by atoms with van der Waals surface area (Å²) in [5, 5.41) is 0.754. The zero-order valence-electron chi connectivity index (χ0n) is 11.0. The summed E-state index contributed by atoms with van der Waals surface area (Å²) in [5.74, 6) is 0. The quantitative estimate of drug-likeness (QED) is 0.699. The molecular formula is C17H15NO. The molecular weight excluding hydrogens is 234 g/mol. The number of rotatable bonds is 1. The van der Waals surface area contributed by atoms with E-state index in [9.17, 15) is 4.79 Å². The van der Waals surface area contributed by atoms with Gasteiger partial charge in [0.2, 0.25) is 0 Å². The van der Waals surface area contributed by atoms with Crippen LogP contribution in [0.1, 0.15) is 11.1 Å². The van der Waals surface area contributed by atoms with E-state index in [4.69, 9.17) is 0 Å². The molecule has 0 aliphatic rings. The molecule has 1 N–H and O–H groups in total. The molecule has 2 aromatic carbocycles. The van der Waals surface area contributed by atoms with Crippen LogP contribution in [-0.2, 0) is 0 Å². The van der Waals surface area contributed by atoms with E-state index in [0.29, 0.717) is 0 Å². The lowest BCUT2D eigenvalue weighted by Crippen LogP contribution is -2.07. The number of pyridine rings is 1. The van der Waals surface area contributed by atoms with E-state index in [0.717, 1.165) is 27.6 Å². The lowest BCUT2D eigenvalue weighted by atomic mass is 10.0. The summed E-state index contributed by atoms with van der Waals surface area (Å²) >= 11 is 0. The number of nitrogens with one attached hydrogen (secondary N) is 1. The van der Waals surface area contributed by atoms with Gasteiger partial charge in [0, 0.05) is 22.7 Å². The Morgan fingerprint density at radius 2 is 1.63 bits per heavy atom. The van der Waals surface area contributed by atoms with Gasteiger partial charge in [0.1, 0.15) is 0 Å². The van der Waals surface area contributed by atoms with Gasteiger partial charge in [-0.15, -0.1) is 0 Å². The van der Waals surface area contributed by atoms with E-state index in [2.05, 4.69) is 11.9 Å². The zero-order chi connectivity index (χ0) is 13.4. The molecule has 2 heteroatoms. The Morgan fingerprint density at radius 3 is 2.37 bits per heavy atom. The highest BCUT2D eigenvalue weighted by Crippen LogP contribution is 2.19. The van der Waals surface area contributed by atoms with E-state index < -0.39 is 0 Å². The van der Waals surface area contributed by atoms with Gasteiger partial charge in [-0.1, -0.05) is 30.3 Å². The van der Waals surface area contributed by atoms with E-state index in [1.54, 1.807) is 6.20 Å². The SMILES string of the molecule is Cc1cc2[nH]cc(-c3ccccc3)c(=O)c2cc1C. The van der Waals surface area contributed by atoms with Gasteiger partial charge in [-0.2, -0.15) is 0 Å². The van der Waals surface area contributed by atoms with Crippen molar-refractivity contribution in [3.8, 4) is 11.1 Å². The third kappa shape index (κ3) is 1.95. The van der Waals surface area contributed by atoms with Crippen LogP contribution in [0, 0.1) is 13.8 Å². The van der Waals surface area contributed by atoms with Gasteiger partial charge in [0.25, 0.3) is 0 Å². The molecule has 0 unspecified atom stereocenters. The Balaban J connectivity index is 2.33. The molecule has 1 aromatic heterocycles. The van der Waals surface area contributed by atoms with Crippen molar-refractivity contribution in [3.05, 3.63) is 70.0 Å². The molecule has 0 bridgehead atoms. The lowest BCUT2D eigenvalue weighted by molar-refractivity contribution is 1.32. The fraction of sp³-hybridized carbons (Fsp3) is 0.118. The average molecular weight is 249 g/mol. The first-order valence-corrected chi connectivity index (χ1v) is 6.35. The molecule has 0 saturated carbocycles. The Labute approximate surface area is 111 Å². The smallest absolute Gasteiger partial charge is 0.197 e. The van der Waals surface area contributed by atoms with Crippen molar-refractivity contribution in [2.24, 2.45) is 0 Å². The van der Waals surface area contributed by atoms with E-state index in [1.165, 1.54) is 5.56 Å².